The number of hydrogen-bond donors (Lipinski definition) is 1. The van der Waals surface area contributed by atoms with E-state index in [9.17, 15) is 0 Å². The summed E-state index contributed by atoms with van der Waals surface area (Å²) in [5.41, 5.74) is 2.25. The third-order valence-electron chi connectivity index (χ3n) is 4.07. The second-order valence-corrected chi connectivity index (χ2v) is 5.62. The molecular weight excluding hydrogens is 236 g/mol. The molecule has 0 spiro atoms. The van der Waals surface area contributed by atoms with E-state index >= 15 is 0 Å². The van der Waals surface area contributed by atoms with Crippen molar-refractivity contribution in [3.8, 4) is 0 Å². The molecule has 1 N–H and O–H groups in total. The highest BCUT2D eigenvalue weighted by Gasteiger charge is 2.15. The minimum absolute atomic E-state index is 0.788. The maximum atomic E-state index is 4.59. The Bertz CT molecular complexity index is 540. The Morgan fingerprint density at radius 1 is 1.26 bits per heavy atom. The van der Waals surface area contributed by atoms with Crippen LogP contribution in [0.15, 0.2) is 18.5 Å². The Morgan fingerprint density at radius 2 is 2.11 bits per heavy atom. The quantitative estimate of drug-likeness (QED) is 0.917. The molecule has 4 nitrogen and oxygen atoms in total. The largest absolute Gasteiger partial charge is 0.316 e. The summed E-state index contributed by atoms with van der Waals surface area (Å²) in [6.45, 7) is 1.89. The van der Waals surface area contributed by atoms with Gasteiger partial charge in [0.1, 0.15) is 0 Å². The first-order valence-corrected chi connectivity index (χ1v) is 7.32. The third-order valence-corrected chi connectivity index (χ3v) is 4.07. The average molecular weight is 258 g/mol. The molecule has 0 aliphatic heterocycles. The molecule has 2 aromatic heterocycles. The lowest BCUT2D eigenvalue weighted by Gasteiger charge is -2.21. The van der Waals surface area contributed by atoms with Crippen LogP contribution >= 0.6 is 0 Å². The Balaban J connectivity index is 1.80. The van der Waals surface area contributed by atoms with Crippen molar-refractivity contribution >= 4 is 11.0 Å². The first-order valence-electron chi connectivity index (χ1n) is 7.32. The number of pyridine rings is 1. The Morgan fingerprint density at radius 3 is 2.89 bits per heavy atom. The summed E-state index contributed by atoms with van der Waals surface area (Å²) in [6, 6.07) is 2.18. The molecule has 102 valence electrons. The van der Waals surface area contributed by atoms with Crippen LogP contribution in [0.2, 0.25) is 0 Å². The average Bonchev–Trinajstić information content (AvgIpc) is 2.83. The minimum Gasteiger partial charge on any atom is -0.316 e. The third kappa shape index (κ3) is 2.78. The number of fused-ring (bicyclic) bond motifs is 1. The van der Waals surface area contributed by atoms with Crippen LogP contribution in [0.1, 0.15) is 37.7 Å². The van der Waals surface area contributed by atoms with Gasteiger partial charge >= 0.3 is 0 Å². The minimum atomic E-state index is 0.788. The molecule has 19 heavy (non-hydrogen) atoms. The van der Waals surface area contributed by atoms with Crippen LogP contribution in [0, 0.1) is 5.92 Å². The van der Waals surface area contributed by atoms with Crippen LogP contribution < -0.4 is 5.32 Å². The van der Waals surface area contributed by atoms with E-state index in [-0.39, 0.29) is 0 Å². The summed E-state index contributed by atoms with van der Waals surface area (Å²) < 4.78 is 2.09. The Kier molecular flexibility index (Phi) is 3.78. The zero-order valence-corrected chi connectivity index (χ0v) is 11.6. The molecule has 0 saturated heterocycles. The van der Waals surface area contributed by atoms with Gasteiger partial charge in [0.2, 0.25) is 0 Å². The van der Waals surface area contributed by atoms with E-state index in [4.69, 9.17) is 0 Å². The first kappa shape index (κ1) is 12.6. The molecule has 0 radical (unpaired) electrons. The van der Waals surface area contributed by atoms with Crippen LogP contribution in [0.25, 0.3) is 11.0 Å². The van der Waals surface area contributed by atoms with Gasteiger partial charge in [0.25, 0.3) is 0 Å². The van der Waals surface area contributed by atoms with Gasteiger partial charge in [-0.3, -0.25) is 0 Å². The second-order valence-electron chi connectivity index (χ2n) is 5.62. The second kappa shape index (κ2) is 5.70. The molecule has 0 aromatic carbocycles. The zero-order valence-electron chi connectivity index (χ0n) is 11.6. The van der Waals surface area contributed by atoms with Crippen LogP contribution in [0.3, 0.4) is 0 Å². The summed E-state index contributed by atoms with van der Waals surface area (Å²) in [5.74, 6) is 0.788. The summed E-state index contributed by atoms with van der Waals surface area (Å²) >= 11 is 0. The van der Waals surface area contributed by atoms with E-state index < -0.39 is 0 Å². The Hall–Kier alpha value is -1.42. The van der Waals surface area contributed by atoms with Gasteiger partial charge < -0.3 is 5.32 Å². The molecule has 2 aromatic rings. The number of nitrogens with one attached hydrogen (secondary N) is 1. The van der Waals surface area contributed by atoms with Crippen LogP contribution in [0.4, 0.5) is 0 Å². The lowest BCUT2D eigenvalue weighted by Crippen LogP contribution is -2.15. The molecule has 0 bridgehead atoms. The monoisotopic (exact) mass is 258 g/mol. The number of aromatic nitrogens is 3. The SMILES string of the molecule is CNCc1cnc2c(cnn2CC2CCCCC2)c1. The van der Waals surface area contributed by atoms with Gasteiger partial charge in [0.05, 0.1) is 6.20 Å². The molecule has 1 aliphatic carbocycles. The maximum Gasteiger partial charge on any atom is 0.157 e. The summed E-state index contributed by atoms with van der Waals surface area (Å²) in [5, 5.41) is 8.83. The first-order chi connectivity index (χ1) is 9.36. The van der Waals surface area contributed by atoms with Gasteiger partial charge in [0, 0.05) is 24.7 Å². The summed E-state index contributed by atoms with van der Waals surface area (Å²) in [4.78, 5) is 4.59. The van der Waals surface area contributed by atoms with Gasteiger partial charge in [-0.25, -0.2) is 9.67 Å². The predicted molar refractivity (Wildman–Crippen MR) is 76.9 cm³/mol. The maximum absolute atomic E-state index is 4.59. The van der Waals surface area contributed by atoms with E-state index in [1.165, 1.54) is 37.7 Å². The molecular formula is C15H22N4. The number of hydrogen-bond acceptors (Lipinski definition) is 3. The molecule has 4 heteroatoms. The molecule has 1 saturated carbocycles. The van der Waals surface area contributed by atoms with E-state index in [2.05, 4.69) is 26.1 Å². The molecule has 2 heterocycles. The fourth-order valence-corrected chi connectivity index (χ4v) is 3.07. The van der Waals surface area contributed by atoms with Crippen molar-refractivity contribution in [2.75, 3.05) is 7.05 Å². The van der Waals surface area contributed by atoms with E-state index in [0.29, 0.717) is 0 Å². The van der Waals surface area contributed by atoms with E-state index in [0.717, 1.165) is 30.0 Å². The van der Waals surface area contributed by atoms with Gasteiger partial charge in [0.15, 0.2) is 5.65 Å². The topological polar surface area (TPSA) is 42.7 Å². The van der Waals surface area contributed by atoms with Gasteiger partial charge in [-0.15, -0.1) is 0 Å². The molecule has 1 fully saturated rings. The molecule has 1 aliphatic rings. The van der Waals surface area contributed by atoms with E-state index in [1.54, 1.807) is 0 Å². The van der Waals surface area contributed by atoms with Gasteiger partial charge in [-0.1, -0.05) is 19.3 Å². The number of nitrogens with zero attached hydrogens (tertiary/aromatic N) is 3. The highest BCUT2D eigenvalue weighted by Crippen LogP contribution is 2.26. The van der Waals surface area contributed by atoms with Crippen molar-refractivity contribution in [2.45, 2.75) is 45.2 Å². The fourth-order valence-electron chi connectivity index (χ4n) is 3.07. The molecule has 0 unspecified atom stereocenters. The smallest absolute Gasteiger partial charge is 0.157 e. The van der Waals surface area contributed by atoms with Crippen LogP contribution in [0.5, 0.6) is 0 Å². The highest BCUT2D eigenvalue weighted by atomic mass is 15.3. The number of rotatable bonds is 4. The Labute approximate surface area is 114 Å². The van der Waals surface area contributed by atoms with Crippen LogP contribution in [-0.2, 0) is 13.1 Å². The van der Waals surface area contributed by atoms with Crippen molar-refractivity contribution in [1.29, 1.82) is 0 Å². The summed E-state index contributed by atoms with van der Waals surface area (Å²) in [6.07, 6.45) is 10.8. The van der Waals surface area contributed by atoms with E-state index in [1.807, 2.05) is 19.4 Å². The van der Waals surface area contributed by atoms with Gasteiger partial charge in [-0.2, -0.15) is 5.10 Å². The van der Waals surface area contributed by atoms with Crippen LogP contribution in [-0.4, -0.2) is 21.8 Å². The zero-order chi connectivity index (χ0) is 13.1. The van der Waals surface area contributed by atoms with Crippen molar-refractivity contribution in [3.63, 3.8) is 0 Å². The molecule has 0 atom stereocenters. The highest BCUT2D eigenvalue weighted by molar-refractivity contribution is 5.74. The van der Waals surface area contributed by atoms with Crippen molar-refractivity contribution in [3.05, 3.63) is 24.0 Å². The van der Waals surface area contributed by atoms with Gasteiger partial charge in [-0.05, 0) is 37.4 Å². The van der Waals surface area contributed by atoms with Crippen molar-refractivity contribution < 1.29 is 0 Å². The van der Waals surface area contributed by atoms with Crippen molar-refractivity contribution in [2.24, 2.45) is 5.92 Å². The fraction of sp³-hybridized carbons (Fsp3) is 0.600. The predicted octanol–water partition coefficient (Wildman–Crippen LogP) is 2.73. The summed E-state index contributed by atoms with van der Waals surface area (Å²) in [7, 11) is 1.96. The lowest BCUT2D eigenvalue weighted by molar-refractivity contribution is 0.311. The molecule has 0 amide bonds. The van der Waals surface area contributed by atoms with Crippen molar-refractivity contribution in [1.82, 2.24) is 20.1 Å². The standard InChI is InChI=1S/C15H22N4/c1-16-8-13-7-14-10-18-19(15(14)17-9-13)11-12-5-3-2-4-6-12/h7,9-10,12,16H,2-6,8,11H2,1H3. The lowest BCUT2D eigenvalue weighted by atomic mass is 9.89. The normalized spacial score (nSPS) is 17.1. The molecule has 3 rings (SSSR count).